The first kappa shape index (κ1) is 23.2. The normalized spacial score (nSPS) is 11.6. The lowest BCUT2D eigenvalue weighted by atomic mass is 10.1. The van der Waals surface area contributed by atoms with E-state index in [0.717, 1.165) is 11.1 Å². The first-order valence-corrected chi connectivity index (χ1v) is 11.5. The molecule has 8 nitrogen and oxygen atoms in total. The summed E-state index contributed by atoms with van der Waals surface area (Å²) in [6, 6.07) is 16.2. The number of hydrogen-bond acceptors (Lipinski definition) is 8. The van der Waals surface area contributed by atoms with E-state index in [-0.39, 0.29) is 12.8 Å². The summed E-state index contributed by atoms with van der Waals surface area (Å²) in [4.78, 5) is 30.1. The van der Waals surface area contributed by atoms with E-state index in [1.54, 1.807) is 36.4 Å². The van der Waals surface area contributed by atoms with Gasteiger partial charge in [0.15, 0.2) is 0 Å². The molecule has 0 saturated heterocycles. The number of nitrogens with zero attached hydrogens (tertiary/aromatic N) is 2. The second kappa shape index (κ2) is 10.8. The number of aryl methyl sites for hydroxylation is 2. The van der Waals surface area contributed by atoms with Crippen LogP contribution in [0.5, 0.6) is 5.75 Å². The van der Waals surface area contributed by atoms with E-state index < -0.39 is 18.0 Å². The minimum Gasteiger partial charge on any atom is -0.495 e. The third-order valence-corrected chi connectivity index (χ3v) is 5.68. The molecule has 2 heterocycles. The number of aromatic nitrogens is 2. The Morgan fingerprint density at radius 2 is 1.97 bits per heavy atom. The number of carbonyl (C=O) groups excluding carboxylic acids is 2. The molecule has 2 aromatic carbocycles. The van der Waals surface area contributed by atoms with Crippen LogP contribution in [0.2, 0.25) is 0 Å². The Morgan fingerprint density at radius 1 is 1.15 bits per heavy atom. The van der Waals surface area contributed by atoms with Crippen molar-refractivity contribution in [1.82, 2.24) is 10.1 Å². The van der Waals surface area contributed by atoms with Crippen molar-refractivity contribution in [3.63, 3.8) is 0 Å². The number of amides is 1. The predicted octanol–water partition coefficient (Wildman–Crippen LogP) is 4.97. The van der Waals surface area contributed by atoms with Crippen molar-refractivity contribution < 1.29 is 23.6 Å². The van der Waals surface area contributed by atoms with Gasteiger partial charge in [-0.25, -0.2) is 0 Å². The molecule has 9 heteroatoms. The third kappa shape index (κ3) is 5.68. The highest BCUT2D eigenvalue weighted by Crippen LogP contribution is 2.28. The Kier molecular flexibility index (Phi) is 7.34. The number of anilines is 1. The van der Waals surface area contributed by atoms with E-state index in [4.69, 9.17) is 14.0 Å². The molecule has 1 N–H and O–H groups in total. The van der Waals surface area contributed by atoms with Crippen LogP contribution in [0.3, 0.4) is 0 Å². The zero-order valence-corrected chi connectivity index (χ0v) is 19.5. The summed E-state index contributed by atoms with van der Waals surface area (Å²) in [5, 5.41) is 10.6. The number of hydrogen-bond donors (Lipinski definition) is 1. The van der Waals surface area contributed by atoms with Gasteiger partial charge in [-0.1, -0.05) is 41.6 Å². The zero-order chi connectivity index (χ0) is 23.9. The van der Waals surface area contributed by atoms with E-state index in [0.29, 0.717) is 28.7 Å². The first-order valence-electron chi connectivity index (χ1n) is 10.6. The average molecular weight is 478 g/mol. The molecule has 0 bridgehead atoms. The number of ether oxygens (including phenoxy) is 2. The van der Waals surface area contributed by atoms with Crippen molar-refractivity contribution in [2.75, 3.05) is 12.4 Å². The van der Waals surface area contributed by atoms with Gasteiger partial charge >= 0.3 is 5.97 Å². The SMILES string of the molecule is COc1ccc(C)cc1NC(=O)C(OC(=O)CCc1nc(-c2ccsc2)no1)c1ccccc1. The van der Waals surface area contributed by atoms with Crippen LogP contribution in [-0.2, 0) is 20.7 Å². The van der Waals surface area contributed by atoms with Crippen molar-refractivity contribution in [2.45, 2.75) is 25.9 Å². The smallest absolute Gasteiger partial charge is 0.307 e. The summed E-state index contributed by atoms with van der Waals surface area (Å²) in [5.41, 5.74) is 2.86. The number of carbonyl (C=O) groups is 2. The van der Waals surface area contributed by atoms with E-state index in [9.17, 15) is 9.59 Å². The van der Waals surface area contributed by atoms with Gasteiger partial charge in [-0.05, 0) is 36.1 Å². The van der Waals surface area contributed by atoms with Crippen molar-refractivity contribution in [3.8, 4) is 17.1 Å². The van der Waals surface area contributed by atoms with E-state index in [1.807, 2.05) is 35.9 Å². The highest BCUT2D eigenvalue weighted by molar-refractivity contribution is 7.08. The fourth-order valence-corrected chi connectivity index (χ4v) is 3.92. The lowest BCUT2D eigenvalue weighted by Gasteiger charge is -2.19. The summed E-state index contributed by atoms with van der Waals surface area (Å²) in [7, 11) is 1.52. The maximum Gasteiger partial charge on any atom is 0.307 e. The topological polar surface area (TPSA) is 104 Å². The highest BCUT2D eigenvalue weighted by atomic mass is 32.1. The molecule has 1 unspecified atom stereocenters. The quantitative estimate of drug-likeness (QED) is 0.339. The monoisotopic (exact) mass is 477 g/mol. The minimum atomic E-state index is -1.14. The molecule has 4 aromatic rings. The fraction of sp³-hybridized carbons (Fsp3) is 0.200. The molecular weight excluding hydrogens is 454 g/mol. The summed E-state index contributed by atoms with van der Waals surface area (Å²) in [6.45, 7) is 1.91. The van der Waals surface area contributed by atoms with Crippen molar-refractivity contribution >= 4 is 28.9 Å². The van der Waals surface area contributed by atoms with E-state index in [1.165, 1.54) is 18.4 Å². The second-order valence-corrected chi connectivity index (χ2v) is 8.28. The molecule has 2 aromatic heterocycles. The Labute approximate surface area is 200 Å². The van der Waals surface area contributed by atoms with Gasteiger partial charge in [0.05, 0.1) is 19.2 Å². The second-order valence-electron chi connectivity index (χ2n) is 7.50. The maximum absolute atomic E-state index is 13.2. The van der Waals surface area contributed by atoms with Crippen LogP contribution in [0.1, 0.15) is 29.5 Å². The molecule has 0 aliphatic rings. The molecule has 1 atom stereocenters. The van der Waals surface area contributed by atoms with Gasteiger partial charge in [0.25, 0.3) is 5.91 Å². The zero-order valence-electron chi connectivity index (χ0n) is 18.7. The van der Waals surface area contributed by atoms with E-state index >= 15 is 0 Å². The number of nitrogens with one attached hydrogen (secondary N) is 1. The molecule has 0 saturated carbocycles. The van der Waals surface area contributed by atoms with Crippen LogP contribution >= 0.6 is 11.3 Å². The van der Waals surface area contributed by atoms with Crippen LogP contribution in [0.15, 0.2) is 69.9 Å². The predicted molar refractivity (Wildman–Crippen MR) is 128 cm³/mol. The van der Waals surface area contributed by atoms with Crippen LogP contribution < -0.4 is 10.1 Å². The first-order chi connectivity index (χ1) is 16.5. The number of esters is 1. The molecule has 0 fully saturated rings. The molecule has 1 amide bonds. The molecule has 34 heavy (non-hydrogen) atoms. The van der Waals surface area contributed by atoms with Crippen LogP contribution in [0.25, 0.3) is 11.4 Å². The van der Waals surface area contributed by atoms with Gasteiger partial charge in [-0.15, -0.1) is 0 Å². The number of thiophene rings is 1. The van der Waals surface area contributed by atoms with Crippen molar-refractivity contribution in [1.29, 1.82) is 0 Å². The van der Waals surface area contributed by atoms with Gasteiger partial charge in [-0.2, -0.15) is 16.3 Å². The van der Waals surface area contributed by atoms with Gasteiger partial charge in [0.2, 0.25) is 17.8 Å². The molecule has 0 radical (unpaired) electrons. The molecule has 0 spiro atoms. The summed E-state index contributed by atoms with van der Waals surface area (Å²) >= 11 is 1.53. The number of rotatable bonds is 9. The van der Waals surface area contributed by atoms with Gasteiger partial charge in [0, 0.05) is 22.9 Å². The summed E-state index contributed by atoms with van der Waals surface area (Å²) in [5.74, 6) is 0.257. The standard InChI is InChI=1S/C25H23N3O5S/c1-16-8-9-20(31-2)19(14-16)26-25(30)23(17-6-4-3-5-7-17)32-22(29)11-10-21-27-24(28-33-21)18-12-13-34-15-18/h3-9,12-15,23H,10-11H2,1-2H3,(H,26,30). The molecule has 4 rings (SSSR count). The van der Waals surface area contributed by atoms with Gasteiger partial charge in [0.1, 0.15) is 5.75 Å². The van der Waals surface area contributed by atoms with Crippen LogP contribution in [-0.4, -0.2) is 29.1 Å². The summed E-state index contributed by atoms with van der Waals surface area (Å²) < 4.78 is 16.2. The molecular formula is C25H23N3O5S. The largest absolute Gasteiger partial charge is 0.495 e. The average Bonchev–Trinajstić information content (AvgIpc) is 3.54. The Morgan fingerprint density at radius 3 is 2.71 bits per heavy atom. The molecule has 174 valence electrons. The Hall–Kier alpha value is -3.98. The Bertz CT molecular complexity index is 1250. The van der Waals surface area contributed by atoms with Crippen molar-refractivity contribution in [2.24, 2.45) is 0 Å². The van der Waals surface area contributed by atoms with Crippen LogP contribution in [0.4, 0.5) is 5.69 Å². The van der Waals surface area contributed by atoms with Crippen LogP contribution in [0, 0.1) is 6.92 Å². The van der Waals surface area contributed by atoms with Gasteiger partial charge < -0.3 is 19.3 Å². The maximum atomic E-state index is 13.2. The molecule has 0 aliphatic heterocycles. The third-order valence-electron chi connectivity index (χ3n) is 4.99. The Balaban J connectivity index is 1.44. The fourth-order valence-electron chi connectivity index (χ4n) is 3.28. The van der Waals surface area contributed by atoms with Crippen molar-refractivity contribution in [3.05, 3.63) is 82.4 Å². The number of benzene rings is 2. The summed E-state index contributed by atoms with van der Waals surface area (Å²) in [6.07, 6.45) is -0.955. The lowest BCUT2D eigenvalue weighted by molar-refractivity contribution is -0.154. The highest BCUT2D eigenvalue weighted by Gasteiger charge is 2.26. The number of methoxy groups -OCH3 is 1. The minimum absolute atomic E-state index is 0.0182. The molecule has 0 aliphatic carbocycles. The lowest BCUT2D eigenvalue weighted by Crippen LogP contribution is -2.26. The van der Waals surface area contributed by atoms with E-state index in [2.05, 4.69) is 15.5 Å². The van der Waals surface area contributed by atoms with Gasteiger partial charge in [-0.3, -0.25) is 9.59 Å².